The third-order valence-electron chi connectivity index (χ3n) is 3.62. The lowest BCUT2D eigenvalue weighted by Crippen LogP contribution is -2.26. The number of rotatable bonds is 5. The Labute approximate surface area is 127 Å². The molecular weight excluding hydrogens is 286 g/mol. The minimum atomic E-state index is -0.100. The Kier molecular flexibility index (Phi) is 3.88. The van der Waals surface area contributed by atoms with Crippen LogP contribution in [-0.4, -0.2) is 21.5 Å². The van der Waals surface area contributed by atoms with Crippen molar-refractivity contribution in [2.75, 3.05) is 0 Å². The fraction of sp³-hybridized carbons (Fsp3) is 0.400. The van der Waals surface area contributed by atoms with Gasteiger partial charge in [0.2, 0.25) is 5.91 Å². The van der Waals surface area contributed by atoms with E-state index in [1.165, 1.54) is 4.57 Å². The average molecular weight is 303 g/mol. The first-order valence-corrected chi connectivity index (χ1v) is 7.57. The zero-order valence-corrected chi connectivity index (χ0v) is 12.4. The topological polar surface area (TPSA) is 66.9 Å². The lowest BCUT2D eigenvalue weighted by molar-refractivity contribution is -0.121. The van der Waals surface area contributed by atoms with Crippen LogP contribution in [0.15, 0.2) is 29.1 Å². The van der Waals surface area contributed by atoms with Crippen molar-refractivity contribution < 1.29 is 4.79 Å². The number of hydrogen-bond donors (Lipinski definition) is 2. The number of aromatic amines is 1. The normalized spacial score (nSPS) is 14.3. The van der Waals surface area contributed by atoms with Crippen LogP contribution in [0.25, 0.3) is 10.9 Å². The summed E-state index contributed by atoms with van der Waals surface area (Å²) in [5.41, 5.74) is 0.646. The van der Waals surface area contributed by atoms with E-state index >= 15 is 0 Å². The molecule has 6 heteroatoms. The number of hydrogen-bond acceptors (Lipinski definition) is 3. The molecule has 21 heavy (non-hydrogen) atoms. The predicted molar refractivity (Wildman–Crippen MR) is 83.8 cm³/mol. The molecule has 0 unspecified atom stereocenters. The van der Waals surface area contributed by atoms with Crippen molar-refractivity contribution in [2.45, 2.75) is 38.3 Å². The van der Waals surface area contributed by atoms with Gasteiger partial charge in [0.25, 0.3) is 5.56 Å². The van der Waals surface area contributed by atoms with Crippen LogP contribution in [0.2, 0.25) is 0 Å². The van der Waals surface area contributed by atoms with E-state index in [2.05, 4.69) is 10.3 Å². The number of aromatic nitrogens is 2. The number of benzene rings is 1. The summed E-state index contributed by atoms with van der Waals surface area (Å²) >= 11 is 5.23. The number of para-hydroxylation sites is 1. The summed E-state index contributed by atoms with van der Waals surface area (Å²) in [7, 11) is 0. The second-order valence-corrected chi connectivity index (χ2v) is 5.76. The van der Waals surface area contributed by atoms with Gasteiger partial charge in [-0.3, -0.25) is 14.2 Å². The number of H-pyrrole nitrogens is 1. The number of amides is 1. The molecule has 0 radical (unpaired) electrons. The van der Waals surface area contributed by atoms with Crippen LogP contribution in [0.3, 0.4) is 0 Å². The van der Waals surface area contributed by atoms with Crippen LogP contribution in [-0.2, 0) is 11.3 Å². The van der Waals surface area contributed by atoms with Crippen molar-refractivity contribution in [2.24, 2.45) is 0 Å². The van der Waals surface area contributed by atoms with Crippen molar-refractivity contribution in [1.29, 1.82) is 0 Å². The summed E-state index contributed by atoms with van der Waals surface area (Å²) < 4.78 is 1.93. The van der Waals surface area contributed by atoms with Gasteiger partial charge in [-0.2, -0.15) is 0 Å². The van der Waals surface area contributed by atoms with Crippen molar-refractivity contribution in [3.63, 3.8) is 0 Å². The summed E-state index contributed by atoms with van der Waals surface area (Å²) in [5.74, 6) is 0.0567. The van der Waals surface area contributed by atoms with Crippen LogP contribution >= 0.6 is 12.2 Å². The van der Waals surface area contributed by atoms with E-state index in [0.717, 1.165) is 18.4 Å². The van der Waals surface area contributed by atoms with Crippen LogP contribution in [0.5, 0.6) is 0 Å². The quantitative estimate of drug-likeness (QED) is 0.831. The fourth-order valence-electron chi connectivity index (χ4n) is 2.33. The molecule has 0 atom stereocenters. The molecule has 1 saturated carbocycles. The first-order valence-electron chi connectivity index (χ1n) is 7.16. The fourth-order valence-corrected chi connectivity index (χ4v) is 2.61. The average Bonchev–Trinajstić information content (AvgIpc) is 3.26. The van der Waals surface area contributed by atoms with Crippen molar-refractivity contribution in [1.82, 2.24) is 14.9 Å². The SMILES string of the molecule is O=C(CCCn1c(=S)[nH]c2ccccc2c1=O)NC1CC1. The van der Waals surface area contributed by atoms with Gasteiger partial charge in [0.15, 0.2) is 4.77 Å². The van der Waals surface area contributed by atoms with Crippen LogP contribution in [0.4, 0.5) is 0 Å². The molecule has 1 aliphatic rings. The Morgan fingerprint density at radius 3 is 2.90 bits per heavy atom. The van der Waals surface area contributed by atoms with Gasteiger partial charge in [-0.05, 0) is 43.6 Å². The van der Waals surface area contributed by atoms with Gasteiger partial charge >= 0.3 is 0 Å². The van der Waals surface area contributed by atoms with Gasteiger partial charge in [-0.15, -0.1) is 0 Å². The molecule has 0 spiro atoms. The maximum absolute atomic E-state index is 12.4. The summed E-state index contributed by atoms with van der Waals surface area (Å²) in [6.45, 7) is 0.455. The first kappa shape index (κ1) is 14.0. The third kappa shape index (κ3) is 3.21. The van der Waals surface area contributed by atoms with Crippen LogP contribution in [0.1, 0.15) is 25.7 Å². The number of fused-ring (bicyclic) bond motifs is 1. The van der Waals surface area contributed by atoms with Crippen LogP contribution in [0, 0.1) is 4.77 Å². The van der Waals surface area contributed by atoms with Gasteiger partial charge < -0.3 is 10.3 Å². The van der Waals surface area contributed by atoms with Gasteiger partial charge in [-0.1, -0.05) is 12.1 Å². The molecule has 2 aromatic rings. The highest BCUT2D eigenvalue weighted by Crippen LogP contribution is 2.18. The molecule has 2 N–H and O–H groups in total. The van der Waals surface area contributed by atoms with E-state index in [1.807, 2.05) is 18.2 Å². The van der Waals surface area contributed by atoms with Gasteiger partial charge in [0.05, 0.1) is 10.9 Å². The number of nitrogens with one attached hydrogen (secondary N) is 2. The first-order chi connectivity index (χ1) is 10.1. The zero-order chi connectivity index (χ0) is 14.8. The maximum atomic E-state index is 12.4. The van der Waals surface area contributed by atoms with E-state index in [-0.39, 0.29) is 11.5 Å². The summed E-state index contributed by atoms with van der Waals surface area (Å²) in [4.78, 5) is 27.1. The lowest BCUT2D eigenvalue weighted by Gasteiger charge is -2.08. The monoisotopic (exact) mass is 303 g/mol. The molecule has 3 rings (SSSR count). The van der Waals surface area contributed by atoms with Crippen molar-refractivity contribution in [3.05, 3.63) is 39.4 Å². The molecule has 110 valence electrons. The molecule has 0 aliphatic heterocycles. The smallest absolute Gasteiger partial charge is 0.262 e. The second-order valence-electron chi connectivity index (χ2n) is 5.38. The Balaban J connectivity index is 1.72. The Bertz CT molecular complexity index is 789. The summed E-state index contributed by atoms with van der Waals surface area (Å²) in [6, 6.07) is 7.68. The molecule has 1 aliphatic carbocycles. The van der Waals surface area contributed by atoms with Gasteiger partial charge in [0.1, 0.15) is 0 Å². The molecule has 1 fully saturated rings. The molecule has 1 amide bonds. The number of carbonyl (C=O) groups excluding carboxylic acids is 1. The highest BCUT2D eigenvalue weighted by Gasteiger charge is 2.22. The molecule has 1 aromatic heterocycles. The van der Waals surface area contributed by atoms with Crippen molar-refractivity contribution >= 4 is 29.0 Å². The highest BCUT2D eigenvalue weighted by molar-refractivity contribution is 7.71. The second kappa shape index (κ2) is 5.81. The van der Waals surface area contributed by atoms with E-state index in [1.54, 1.807) is 6.07 Å². The van der Waals surface area contributed by atoms with E-state index in [0.29, 0.717) is 35.6 Å². The minimum Gasteiger partial charge on any atom is -0.353 e. The molecule has 0 saturated heterocycles. The van der Waals surface area contributed by atoms with E-state index < -0.39 is 0 Å². The zero-order valence-electron chi connectivity index (χ0n) is 11.6. The molecule has 5 nitrogen and oxygen atoms in total. The standard InChI is InChI=1S/C15H17N3O2S/c19-13(16-10-7-8-10)6-3-9-18-14(20)11-4-1-2-5-12(11)17-15(18)21/h1-2,4-5,10H,3,6-9H2,(H,16,19)(H,17,21). The summed E-state index contributed by atoms with van der Waals surface area (Å²) in [5, 5.41) is 3.56. The van der Waals surface area contributed by atoms with Gasteiger partial charge in [-0.25, -0.2) is 0 Å². The number of nitrogens with zero attached hydrogens (tertiary/aromatic N) is 1. The predicted octanol–water partition coefficient (Wildman–Crippen LogP) is 2.12. The largest absolute Gasteiger partial charge is 0.353 e. The van der Waals surface area contributed by atoms with Crippen LogP contribution < -0.4 is 10.9 Å². The minimum absolute atomic E-state index is 0.0567. The maximum Gasteiger partial charge on any atom is 0.262 e. The Hall–Kier alpha value is -1.95. The van der Waals surface area contributed by atoms with Crippen molar-refractivity contribution in [3.8, 4) is 0 Å². The summed E-state index contributed by atoms with van der Waals surface area (Å²) in [6.07, 6.45) is 3.20. The van der Waals surface area contributed by atoms with E-state index in [4.69, 9.17) is 12.2 Å². The molecule has 0 bridgehead atoms. The Morgan fingerprint density at radius 1 is 1.38 bits per heavy atom. The van der Waals surface area contributed by atoms with E-state index in [9.17, 15) is 9.59 Å². The lowest BCUT2D eigenvalue weighted by atomic mass is 10.2. The Morgan fingerprint density at radius 2 is 2.14 bits per heavy atom. The molecule has 1 heterocycles. The highest BCUT2D eigenvalue weighted by atomic mass is 32.1. The molecular formula is C15H17N3O2S. The van der Waals surface area contributed by atoms with Gasteiger partial charge in [0, 0.05) is 19.0 Å². The third-order valence-corrected chi connectivity index (χ3v) is 3.94. The molecule has 1 aromatic carbocycles. The number of carbonyl (C=O) groups is 1.